The molecule has 0 fully saturated rings. The van der Waals surface area contributed by atoms with Gasteiger partial charge < -0.3 is 4.42 Å². The Kier molecular flexibility index (Phi) is 6.40. The average molecular weight is 560 g/mol. The molecule has 204 valence electrons. The highest BCUT2D eigenvalue weighted by Gasteiger charge is 2.45. The van der Waals surface area contributed by atoms with Crippen molar-refractivity contribution in [3.8, 4) is 11.3 Å². The zero-order chi connectivity index (χ0) is 28.7. The van der Waals surface area contributed by atoms with Gasteiger partial charge in [-0.05, 0) is 61.6 Å². The fourth-order valence-corrected chi connectivity index (χ4v) is 11.0. The number of furan rings is 1. The van der Waals surface area contributed by atoms with E-state index >= 15 is 0 Å². The predicted molar refractivity (Wildman–Crippen MR) is 179 cm³/mol. The van der Waals surface area contributed by atoms with E-state index in [1.54, 1.807) is 0 Å². The zero-order valence-corrected chi connectivity index (χ0v) is 25.2. The van der Waals surface area contributed by atoms with E-state index in [1.807, 2.05) is 6.20 Å². The molecule has 3 heteroatoms. The Balaban J connectivity index is 1.54. The van der Waals surface area contributed by atoms with Crippen molar-refractivity contribution in [3.05, 3.63) is 151 Å². The second-order valence-electron chi connectivity index (χ2n) is 12.0. The van der Waals surface area contributed by atoms with Gasteiger partial charge in [0.15, 0.2) is 5.58 Å². The lowest BCUT2D eigenvalue weighted by Crippen LogP contribution is -2.74. The number of nitrogens with zero attached hydrogens (tertiary/aromatic N) is 1. The van der Waals surface area contributed by atoms with Crippen LogP contribution in [0.4, 0.5) is 0 Å². The highest BCUT2D eigenvalue weighted by Crippen LogP contribution is 2.36. The molecule has 0 saturated heterocycles. The van der Waals surface area contributed by atoms with Gasteiger partial charge in [0.25, 0.3) is 0 Å². The Hall–Kier alpha value is -4.73. The average Bonchev–Trinajstić information content (AvgIpc) is 3.47. The first-order valence-corrected chi connectivity index (χ1v) is 16.6. The van der Waals surface area contributed by atoms with Crippen molar-refractivity contribution in [1.82, 2.24) is 4.98 Å². The lowest BCUT2D eigenvalue weighted by molar-refractivity contribution is 0.596. The van der Waals surface area contributed by atoms with Crippen LogP contribution in [0.3, 0.4) is 0 Å². The molecule has 42 heavy (non-hydrogen) atoms. The minimum Gasteiger partial charge on any atom is -0.463 e. The van der Waals surface area contributed by atoms with Crippen LogP contribution in [0.25, 0.3) is 33.0 Å². The van der Waals surface area contributed by atoms with Crippen molar-refractivity contribution in [2.75, 3.05) is 0 Å². The molecule has 0 aliphatic rings. The third kappa shape index (κ3) is 4.29. The van der Waals surface area contributed by atoms with Crippen molar-refractivity contribution in [3.63, 3.8) is 0 Å². The van der Waals surface area contributed by atoms with E-state index in [-0.39, 0.29) is 5.41 Å². The molecule has 7 rings (SSSR count). The third-order valence-electron chi connectivity index (χ3n) is 8.37. The first-order chi connectivity index (χ1) is 20.5. The summed E-state index contributed by atoms with van der Waals surface area (Å²) in [5, 5.41) is 8.44. The Morgan fingerprint density at radius 2 is 1.12 bits per heavy atom. The molecule has 0 saturated carbocycles. The number of fused-ring (bicyclic) bond motifs is 2. The first kappa shape index (κ1) is 26.2. The molecular formula is C39H33NOSi. The smallest absolute Gasteiger partial charge is 0.223 e. The van der Waals surface area contributed by atoms with Crippen LogP contribution >= 0.6 is 0 Å². The lowest BCUT2D eigenvalue weighted by atomic mass is 9.82. The molecule has 0 spiro atoms. The maximum Gasteiger partial charge on any atom is 0.223 e. The lowest BCUT2D eigenvalue weighted by Gasteiger charge is -2.31. The van der Waals surface area contributed by atoms with Crippen molar-refractivity contribution in [1.29, 1.82) is 0 Å². The summed E-state index contributed by atoms with van der Waals surface area (Å²) in [7, 11) is -2.79. The molecule has 5 aromatic carbocycles. The SMILES string of the molecule is CC(C)(C)c1cc(-c2nccc3cc([Si](c4ccccc4)(c4ccccc4)c4ccccc4)oc23)cc2ccccc12. The molecule has 0 radical (unpaired) electrons. The van der Waals surface area contributed by atoms with Gasteiger partial charge in [0.2, 0.25) is 8.07 Å². The minimum atomic E-state index is -2.79. The Morgan fingerprint density at radius 1 is 0.571 bits per heavy atom. The fraction of sp³-hybridized carbons (Fsp3) is 0.103. The number of hydrogen-bond donors (Lipinski definition) is 0. The van der Waals surface area contributed by atoms with Crippen LogP contribution in [0, 0.1) is 0 Å². The Bertz CT molecular complexity index is 1910. The number of rotatable bonds is 5. The van der Waals surface area contributed by atoms with Crippen molar-refractivity contribution in [2.45, 2.75) is 26.2 Å². The second kappa shape index (κ2) is 10.3. The van der Waals surface area contributed by atoms with Crippen LogP contribution in [0.5, 0.6) is 0 Å². The summed E-state index contributed by atoms with van der Waals surface area (Å²) in [6.45, 7) is 6.82. The van der Waals surface area contributed by atoms with Crippen LogP contribution in [-0.2, 0) is 5.41 Å². The van der Waals surface area contributed by atoms with Crippen molar-refractivity contribution >= 4 is 50.8 Å². The maximum absolute atomic E-state index is 7.12. The standard InChI is InChI=1S/C39H33NOSi/c1-39(2,3)35-26-30(25-28-15-13-14-22-34(28)35)37-38-29(23-24-40-37)27-36(41-38)42(31-16-7-4-8-17-31,32-18-9-5-10-19-32)33-20-11-6-12-21-33/h4-27H,1-3H3. The summed E-state index contributed by atoms with van der Waals surface area (Å²) in [5.41, 5.74) is 4.09. The Labute approximate surface area is 248 Å². The van der Waals surface area contributed by atoms with E-state index in [0.717, 1.165) is 27.6 Å². The second-order valence-corrected chi connectivity index (χ2v) is 15.8. The van der Waals surface area contributed by atoms with E-state index in [1.165, 1.54) is 31.9 Å². The highest BCUT2D eigenvalue weighted by molar-refractivity contribution is 7.19. The number of pyridine rings is 1. The monoisotopic (exact) mass is 559 g/mol. The summed E-state index contributed by atoms with van der Waals surface area (Å²) in [4.78, 5) is 4.94. The molecule has 0 amide bonds. The molecule has 0 unspecified atom stereocenters. The molecule has 0 N–H and O–H groups in total. The summed E-state index contributed by atoms with van der Waals surface area (Å²) in [5.74, 6) is 0. The third-order valence-corrected chi connectivity index (χ3v) is 13.0. The van der Waals surface area contributed by atoms with Gasteiger partial charge in [-0.1, -0.05) is 136 Å². The van der Waals surface area contributed by atoms with Gasteiger partial charge in [-0.2, -0.15) is 0 Å². The van der Waals surface area contributed by atoms with Crippen LogP contribution < -0.4 is 20.9 Å². The summed E-state index contributed by atoms with van der Waals surface area (Å²) in [6, 6.07) is 50.2. The van der Waals surface area contributed by atoms with Crippen LogP contribution in [0.2, 0.25) is 0 Å². The molecule has 7 aromatic rings. The molecule has 2 aromatic heterocycles. The predicted octanol–water partition coefficient (Wildman–Crippen LogP) is 7.32. The quantitative estimate of drug-likeness (QED) is 0.163. The van der Waals surface area contributed by atoms with E-state index < -0.39 is 8.07 Å². The summed E-state index contributed by atoms with van der Waals surface area (Å²) < 4.78 is 7.12. The van der Waals surface area contributed by atoms with Gasteiger partial charge >= 0.3 is 0 Å². The largest absolute Gasteiger partial charge is 0.463 e. The van der Waals surface area contributed by atoms with E-state index in [2.05, 4.69) is 160 Å². The first-order valence-electron chi connectivity index (χ1n) is 14.6. The molecule has 0 atom stereocenters. The van der Waals surface area contributed by atoms with Gasteiger partial charge in [-0.3, -0.25) is 4.98 Å². The fourth-order valence-electron chi connectivity index (χ4n) is 6.41. The van der Waals surface area contributed by atoms with Gasteiger partial charge in [0, 0.05) is 17.1 Å². The highest BCUT2D eigenvalue weighted by atomic mass is 28.3. The van der Waals surface area contributed by atoms with E-state index in [4.69, 9.17) is 9.40 Å². The van der Waals surface area contributed by atoms with Gasteiger partial charge in [0.05, 0.1) is 5.38 Å². The summed E-state index contributed by atoms with van der Waals surface area (Å²) >= 11 is 0. The number of hydrogen-bond acceptors (Lipinski definition) is 2. The van der Waals surface area contributed by atoms with Gasteiger partial charge in [0.1, 0.15) is 5.69 Å². The normalized spacial score (nSPS) is 12.2. The molecular weight excluding hydrogens is 527 g/mol. The van der Waals surface area contributed by atoms with Crippen LogP contribution in [0.1, 0.15) is 26.3 Å². The van der Waals surface area contributed by atoms with E-state index in [0.29, 0.717) is 0 Å². The number of benzene rings is 5. The topological polar surface area (TPSA) is 26.0 Å². The molecule has 2 nitrogen and oxygen atoms in total. The van der Waals surface area contributed by atoms with Crippen molar-refractivity contribution < 1.29 is 4.42 Å². The molecule has 0 bridgehead atoms. The van der Waals surface area contributed by atoms with Crippen molar-refractivity contribution in [2.24, 2.45) is 0 Å². The zero-order valence-electron chi connectivity index (χ0n) is 24.2. The molecule has 0 aliphatic heterocycles. The van der Waals surface area contributed by atoms with E-state index in [9.17, 15) is 0 Å². The van der Waals surface area contributed by atoms with Gasteiger partial charge in [-0.15, -0.1) is 0 Å². The molecule has 0 aliphatic carbocycles. The van der Waals surface area contributed by atoms with Crippen LogP contribution in [0.15, 0.2) is 150 Å². The minimum absolute atomic E-state index is 0.0200. The van der Waals surface area contributed by atoms with Gasteiger partial charge in [-0.25, -0.2) is 0 Å². The maximum atomic E-state index is 7.12. The summed E-state index contributed by atoms with van der Waals surface area (Å²) in [6.07, 6.45) is 1.92. The molecule has 2 heterocycles. The Morgan fingerprint density at radius 3 is 1.69 bits per heavy atom. The number of aromatic nitrogens is 1. The van der Waals surface area contributed by atoms with Crippen LogP contribution in [-0.4, -0.2) is 13.1 Å².